The van der Waals surface area contributed by atoms with Gasteiger partial charge < -0.3 is 14.2 Å². The molecule has 0 bridgehead atoms. The lowest BCUT2D eigenvalue weighted by Gasteiger charge is -2.18. The molecular weight excluding hydrogens is 949 g/mol. The summed E-state index contributed by atoms with van der Waals surface area (Å²) in [5, 5.41) is 0. The van der Waals surface area contributed by atoms with Crippen molar-refractivity contribution in [1.29, 1.82) is 0 Å². The van der Waals surface area contributed by atoms with E-state index in [9.17, 15) is 14.4 Å². The maximum absolute atomic E-state index is 12.9. The molecule has 0 heterocycles. The molecule has 6 heteroatoms. The van der Waals surface area contributed by atoms with Crippen molar-refractivity contribution >= 4 is 17.9 Å². The highest BCUT2D eigenvalue weighted by Gasteiger charge is 2.19. The standard InChI is InChI=1S/C71H126O6/c1-4-7-10-13-16-19-22-25-28-31-34-35-38-40-43-46-49-52-55-58-61-64-70(73)76-67-68(77-71(74)65-62-59-56-53-50-47-44-41-37-33-30-27-24-21-18-15-12-9-6-3)66-75-69(72)63-60-57-54-51-48-45-42-39-36-32-29-26-23-20-17-14-11-8-5-2/h9,12,18,21,26-27,29-31,34,37,41,68H,4-8,10-11,13-17,19-20,22-25,28,32-33,35-36,38-40,42-67H2,1-3H3/b12-9-,21-18-,29-26-,30-27-,34-31-,41-37-. The number of hydrogen-bond donors (Lipinski definition) is 0. The van der Waals surface area contributed by atoms with Crippen molar-refractivity contribution in [2.75, 3.05) is 13.2 Å². The van der Waals surface area contributed by atoms with E-state index in [4.69, 9.17) is 14.2 Å². The summed E-state index contributed by atoms with van der Waals surface area (Å²) in [6.07, 6.45) is 84.8. The van der Waals surface area contributed by atoms with E-state index < -0.39 is 6.10 Å². The minimum Gasteiger partial charge on any atom is -0.462 e. The topological polar surface area (TPSA) is 78.9 Å². The van der Waals surface area contributed by atoms with Gasteiger partial charge in [0.1, 0.15) is 13.2 Å². The van der Waals surface area contributed by atoms with Crippen molar-refractivity contribution < 1.29 is 28.6 Å². The highest BCUT2D eigenvalue weighted by Crippen LogP contribution is 2.17. The fourth-order valence-corrected chi connectivity index (χ4v) is 9.66. The minimum atomic E-state index is -0.786. The summed E-state index contributed by atoms with van der Waals surface area (Å²) in [6.45, 7) is 6.56. The first-order valence-electron chi connectivity index (χ1n) is 33.4. The Labute approximate surface area is 478 Å². The predicted octanol–water partition coefficient (Wildman–Crippen LogP) is 22.9. The van der Waals surface area contributed by atoms with Gasteiger partial charge in [0, 0.05) is 19.3 Å². The van der Waals surface area contributed by atoms with Crippen LogP contribution in [0.15, 0.2) is 72.9 Å². The van der Waals surface area contributed by atoms with Crippen molar-refractivity contribution in [3.8, 4) is 0 Å². The van der Waals surface area contributed by atoms with E-state index in [0.29, 0.717) is 19.3 Å². The molecule has 0 N–H and O–H groups in total. The van der Waals surface area contributed by atoms with Crippen LogP contribution in [0.2, 0.25) is 0 Å². The lowest BCUT2D eigenvalue weighted by Crippen LogP contribution is -2.30. The van der Waals surface area contributed by atoms with E-state index in [1.54, 1.807) is 0 Å². The summed E-state index contributed by atoms with van der Waals surface area (Å²) in [5.41, 5.74) is 0. The normalized spacial score (nSPS) is 12.5. The number of unbranched alkanes of at least 4 members (excludes halogenated alkanes) is 38. The molecule has 0 rings (SSSR count). The van der Waals surface area contributed by atoms with E-state index in [1.165, 1.54) is 205 Å². The average Bonchev–Trinajstić information content (AvgIpc) is 3.43. The second kappa shape index (κ2) is 65.4. The zero-order valence-corrected chi connectivity index (χ0v) is 51.2. The first kappa shape index (κ1) is 73.8. The third-order valence-corrected chi connectivity index (χ3v) is 14.7. The smallest absolute Gasteiger partial charge is 0.306 e. The van der Waals surface area contributed by atoms with Crippen LogP contribution in [0.4, 0.5) is 0 Å². The van der Waals surface area contributed by atoms with Crippen molar-refractivity contribution in [3.63, 3.8) is 0 Å². The maximum atomic E-state index is 12.9. The Morgan fingerprint density at radius 1 is 0.273 bits per heavy atom. The van der Waals surface area contributed by atoms with Gasteiger partial charge >= 0.3 is 17.9 Å². The molecule has 77 heavy (non-hydrogen) atoms. The van der Waals surface area contributed by atoms with Gasteiger partial charge in [-0.3, -0.25) is 14.4 Å². The molecule has 0 aliphatic heterocycles. The van der Waals surface area contributed by atoms with Crippen molar-refractivity contribution in [1.82, 2.24) is 0 Å². The highest BCUT2D eigenvalue weighted by atomic mass is 16.6. The number of carbonyl (C=O) groups excluding carboxylic acids is 3. The zero-order chi connectivity index (χ0) is 55.7. The number of ether oxygens (including phenoxy) is 3. The Balaban J connectivity index is 4.38. The molecule has 0 fully saturated rings. The molecule has 6 nitrogen and oxygen atoms in total. The lowest BCUT2D eigenvalue weighted by atomic mass is 10.1. The fraction of sp³-hybridized carbons (Fsp3) is 0.789. The molecule has 0 aliphatic rings. The van der Waals surface area contributed by atoms with Gasteiger partial charge in [-0.25, -0.2) is 0 Å². The molecular formula is C71H126O6. The molecule has 0 aromatic heterocycles. The van der Waals surface area contributed by atoms with E-state index in [0.717, 1.165) is 96.3 Å². The molecule has 0 saturated carbocycles. The second-order valence-electron chi connectivity index (χ2n) is 22.3. The monoisotopic (exact) mass is 1070 g/mol. The van der Waals surface area contributed by atoms with Gasteiger partial charge in [0.25, 0.3) is 0 Å². The quantitative estimate of drug-likeness (QED) is 0.0261. The van der Waals surface area contributed by atoms with Crippen LogP contribution in [0.1, 0.15) is 342 Å². The maximum Gasteiger partial charge on any atom is 0.306 e. The van der Waals surface area contributed by atoms with Crippen molar-refractivity contribution in [2.45, 2.75) is 348 Å². The number of esters is 3. The van der Waals surface area contributed by atoms with Crippen molar-refractivity contribution in [2.24, 2.45) is 0 Å². The second-order valence-corrected chi connectivity index (χ2v) is 22.3. The van der Waals surface area contributed by atoms with Gasteiger partial charge in [-0.15, -0.1) is 0 Å². The van der Waals surface area contributed by atoms with Crippen LogP contribution in [-0.4, -0.2) is 37.2 Å². The predicted molar refractivity (Wildman–Crippen MR) is 335 cm³/mol. The Morgan fingerprint density at radius 2 is 0.506 bits per heavy atom. The van der Waals surface area contributed by atoms with Crippen LogP contribution in [0.3, 0.4) is 0 Å². The van der Waals surface area contributed by atoms with E-state index in [-0.39, 0.29) is 31.1 Å². The number of carbonyl (C=O) groups is 3. The first-order chi connectivity index (χ1) is 38.0. The Kier molecular flexibility index (Phi) is 62.7. The molecule has 1 unspecified atom stereocenters. The summed E-state index contributed by atoms with van der Waals surface area (Å²) < 4.78 is 17.0. The summed E-state index contributed by atoms with van der Waals surface area (Å²) >= 11 is 0. The fourth-order valence-electron chi connectivity index (χ4n) is 9.66. The van der Waals surface area contributed by atoms with Crippen LogP contribution in [0.5, 0.6) is 0 Å². The van der Waals surface area contributed by atoms with Crippen LogP contribution >= 0.6 is 0 Å². The first-order valence-corrected chi connectivity index (χ1v) is 33.4. The van der Waals surface area contributed by atoms with Gasteiger partial charge in [0.05, 0.1) is 0 Å². The number of hydrogen-bond acceptors (Lipinski definition) is 6. The molecule has 0 radical (unpaired) electrons. The third kappa shape index (κ3) is 63.6. The minimum absolute atomic E-state index is 0.0812. The zero-order valence-electron chi connectivity index (χ0n) is 51.2. The summed E-state index contributed by atoms with van der Waals surface area (Å²) in [6, 6.07) is 0. The van der Waals surface area contributed by atoms with Gasteiger partial charge in [0.2, 0.25) is 0 Å². The highest BCUT2D eigenvalue weighted by molar-refractivity contribution is 5.71. The van der Waals surface area contributed by atoms with Gasteiger partial charge in [-0.2, -0.15) is 0 Å². The van der Waals surface area contributed by atoms with E-state index in [1.807, 2.05) is 0 Å². The van der Waals surface area contributed by atoms with Crippen LogP contribution in [0, 0.1) is 0 Å². The number of allylic oxidation sites excluding steroid dienone is 12. The lowest BCUT2D eigenvalue weighted by molar-refractivity contribution is -0.167. The summed E-state index contributed by atoms with van der Waals surface area (Å²) in [4.78, 5) is 38.4. The summed E-state index contributed by atoms with van der Waals surface area (Å²) in [5.74, 6) is -0.882. The Hall–Kier alpha value is -3.15. The molecule has 1 atom stereocenters. The SMILES string of the molecule is CC/C=C\C/C=C\C/C=C\C/C=C\CCCCCCCCC(=O)OC(COC(=O)CCCCCCCCCCC/C=C\CCCCCCCC)COC(=O)CCCCCCCCCCC/C=C\CCCCCCCCCC. The molecule has 0 amide bonds. The Bertz CT molecular complexity index is 1420. The van der Waals surface area contributed by atoms with Gasteiger partial charge in [-0.05, 0) is 109 Å². The third-order valence-electron chi connectivity index (χ3n) is 14.7. The molecule has 0 aromatic carbocycles. The molecule has 446 valence electrons. The summed E-state index contributed by atoms with van der Waals surface area (Å²) in [7, 11) is 0. The molecule has 0 spiro atoms. The largest absolute Gasteiger partial charge is 0.462 e. The molecule has 0 aromatic rings. The van der Waals surface area contributed by atoms with Crippen LogP contribution < -0.4 is 0 Å². The van der Waals surface area contributed by atoms with E-state index >= 15 is 0 Å². The van der Waals surface area contributed by atoms with Gasteiger partial charge in [0.15, 0.2) is 6.10 Å². The van der Waals surface area contributed by atoms with Crippen LogP contribution in [-0.2, 0) is 28.6 Å². The Morgan fingerprint density at radius 3 is 0.805 bits per heavy atom. The van der Waals surface area contributed by atoms with Crippen molar-refractivity contribution in [3.05, 3.63) is 72.9 Å². The number of rotatable bonds is 61. The van der Waals surface area contributed by atoms with Gasteiger partial charge in [-0.1, -0.05) is 286 Å². The van der Waals surface area contributed by atoms with Crippen LogP contribution in [0.25, 0.3) is 0 Å². The average molecular weight is 1080 g/mol. The van der Waals surface area contributed by atoms with E-state index in [2.05, 4.69) is 93.7 Å². The molecule has 0 saturated heterocycles. The molecule has 0 aliphatic carbocycles.